The van der Waals surface area contributed by atoms with Gasteiger partial charge in [-0.05, 0) is 42.6 Å². The second-order valence-electron chi connectivity index (χ2n) is 4.92. The van der Waals surface area contributed by atoms with E-state index in [0.717, 1.165) is 18.6 Å². The molecule has 0 aliphatic rings. The van der Waals surface area contributed by atoms with E-state index in [1.54, 1.807) is 0 Å². The summed E-state index contributed by atoms with van der Waals surface area (Å²) in [5, 5.41) is 4.33. The molecular weight excluding hydrogens is 260 g/mol. The van der Waals surface area contributed by atoms with Gasteiger partial charge in [-0.25, -0.2) is 8.42 Å². The Morgan fingerprint density at radius 1 is 1.26 bits per heavy atom. The molecule has 0 saturated carbocycles. The summed E-state index contributed by atoms with van der Waals surface area (Å²) >= 11 is 0. The van der Waals surface area contributed by atoms with Crippen LogP contribution in [-0.2, 0) is 22.9 Å². The summed E-state index contributed by atoms with van der Waals surface area (Å²) in [7, 11) is -0.935. The molecule has 2 rings (SSSR count). The molecule has 0 aliphatic heterocycles. The van der Waals surface area contributed by atoms with Gasteiger partial charge in [0.15, 0.2) is 0 Å². The van der Waals surface area contributed by atoms with Crippen LogP contribution in [0.4, 0.5) is 0 Å². The van der Waals surface area contributed by atoms with E-state index < -0.39 is 9.84 Å². The smallest absolute Gasteiger partial charge is 0.147 e. The summed E-state index contributed by atoms with van der Waals surface area (Å²) in [4.78, 5) is 0. The predicted octanol–water partition coefficient (Wildman–Crippen LogP) is 1.80. The molecule has 19 heavy (non-hydrogen) atoms. The zero-order valence-corrected chi connectivity index (χ0v) is 12.2. The highest BCUT2D eigenvalue weighted by molar-refractivity contribution is 7.90. The standard InChI is InChI=1S/C14H20N2O2S/c1-15-11-12-4-5-14-13(10-12)6-8-16(14)7-3-9-19(2,17)18/h4-6,8,10,15H,3,7,9,11H2,1-2H3. The van der Waals surface area contributed by atoms with E-state index in [4.69, 9.17) is 0 Å². The summed E-state index contributed by atoms with van der Waals surface area (Å²) in [5.41, 5.74) is 2.41. The molecule has 1 heterocycles. The van der Waals surface area contributed by atoms with Crippen LogP contribution in [0, 0.1) is 0 Å². The molecule has 104 valence electrons. The number of rotatable bonds is 6. The third kappa shape index (κ3) is 3.81. The van der Waals surface area contributed by atoms with E-state index in [0.29, 0.717) is 6.42 Å². The first-order chi connectivity index (χ1) is 8.99. The monoisotopic (exact) mass is 280 g/mol. The van der Waals surface area contributed by atoms with Crippen LogP contribution in [-0.4, -0.2) is 32.0 Å². The van der Waals surface area contributed by atoms with Crippen LogP contribution in [0.3, 0.4) is 0 Å². The second-order valence-corrected chi connectivity index (χ2v) is 7.18. The fourth-order valence-electron chi connectivity index (χ4n) is 2.26. The Labute approximate surface area is 114 Å². The van der Waals surface area contributed by atoms with E-state index in [9.17, 15) is 8.42 Å². The number of aryl methyl sites for hydroxylation is 1. The Morgan fingerprint density at radius 2 is 2.05 bits per heavy atom. The van der Waals surface area contributed by atoms with Crippen molar-refractivity contribution in [3.8, 4) is 0 Å². The van der Waals surface area contributed by atoms with Crippen LogP contribution in [0.1, 0.15) is 12.0 Å². The van der Waals surface area contributed by atoms with Crippen LogP contribution in [0.2, 0.25) is 0 Å². The first-order valence-electron chi connectivity index (χ1n) is 6.40. The molecular formula is C14H20N2O2S. The molecule has 0 atom stereocenters. The molecule has 0 spiro atoms. The molecule has 0 unspecified atom stereocenters. The van der Waals surface area contributed by atoms with Gasteiger partial charge in [-0.15, -0.1) is 0 Å². The highest BCUT2D eigenvalue weighted by Gasteiger charge is 2.05. The number of aromatic nitrogens is 1. The van der Waals surface area contributed by atoms with Crippen LogP contribution in [0.5, 0.6) is 0 Å². The number of hydrogen-bond acceptors (Lipinski definition) is 3. The minimum absolute atomic E-state index is 0.241. The molecule has 2 aromatic rings. The zero-order valence-electron chi connectivity index (χ0n) is 11.4. The minimum Gasteiger partial charge on any atom is -0.347 e. The SMILES string of the molecule is CNCc1ccc2c(ccn2CCCS(C)(=O)=O)c1. The van der Waals surface area contributed by atoms with Crippen molar-refractivity contribution >= 4 is 20.7 Å². The van der Waals surface area contributed by atoms with Gasteiger partial charge in [0.1, 0.15) is 9.84 Å². The fourth-order valence-corrected chi connectivity index (χ4v) is 2.91. The van der Waals surface area contributed by atoms with Crippen molar-refractivity contribution in [3.63, 3.8) is 0 Å². The minimum atomic E-state index is -2.87. The van der Waals surface area contributed by atoms with Crippen LogP contribution in [0.25, 0.3) is 10.9 Å². The highest BCUT2D eigenvalue weighted by Crippen LogP contribution is 2.18. The van der Waals surface area contributed by atoms with Gasteiger partial charge < -0.3 is 9.88 Å². The predicted molar refractivity (Wildman–Crippen MR) is 79.0 cm³/mol. The maximum Gasteiger partial charge on any atom is 0.147 e. The van der Waals surface area contributed by atoms with Gasteiger partial charge in [-0.2, -0.15) is 0 Å². The second kappa shape index (κ2) is 5.75. The quantitative estimate of drug-likeness (QED) is 0.878. The topological polar surface area (TPSA) is 51.1 Å². The third-order valence-corrected chi connectivity index (χ3v) is 4.16. The average Bonchev–Trinajstić information content (AvgIpc) is 2.71. The lowest BCUT2D eigenvalue weighted by Gasteiger charge is -2.06. The average molecular weight is 280 g/mol. The van der Waals surface area contributed by atoms with Gasteiger partial charge in [-0.3, -0.25) is 0 Å². The molecule has 1 N–H and O–H groups in total. The zero-order chi connectivity index (χ0) is 13.9. The highest BCUT2D eigenvalue weighted by atomic mass is 32.2. The molecule has 0 amide bonds. The van der Waals surface area contributed by atoms with Crippen molar-refractivity contribution in [2.24, 2.45) is 0 Å². The van der Waals surface area contributed by atoms with Crippen molar-refractivity contribution in [1.29, 1.82) is 0 Å². The molecule has 0 radical (unpaired) electrons. The number of hydrogen-bond donors (Lipinski definition) is 1. The van der Waals surface area contributed by atoms with Crippen LogP contribution < -0.4 is 5.32 Å². The first-order valence-corrected chi connectivity index (χ1v) is 8.46. The summed E-state index contributed by atoms with van der Waals surface area (Å²) in [6.45, 7) is 1.59. The fraction of sp³-hybridized carbons (Fsp3) is 0.429. The van der Waals surface area contributed by atoms with E-state index in [-0.39, 0.29) is 5.75 Å². The number of benzene rings is 1. The van der Waals surface area contributed by atoms with E-state index in [2.05, 4.69) is 34.1 Å². The summed E-state index contributed by atoms with van der Waals surface area (Å²) < 4.78 is 24.4. The normalized spacial score (nSPS) is 12.1. The first kappa shape index (κ1) is 14.1. The van der Waals surface area contributed by atoms with E-state index in [1.807, 2.05) is 13.2 Å². The molecule has 0 bridgehead atoms. The van der Waals surface area contributed by atoms with Crippen molar-refractivity contribution in [3.05, 3.63) is 36.0 Å². The molecule has 1 aromatic heterocycles. The Kier molecular flexibility index (Phi) is 4.27. The number of fused-ring (bicyclic) bond motifs is 1. The summed E-state index contributed by atoms with van der Waals surface area (Å²) in [6.07, 6.45) is 3.96. The van der Waals surface area contributed by atoms with Crippen molar-refractivity contribution < 1.29 is 8.42 Å². The van der Waals surface area contributed by atoms with Gasteiger partial charge >= 0.3 is 0 Å². The number of nitrogens with zero attached hydrogens (tertiary/aromatic N) is 1. The van der Waals surface area contributed by atoms with E-state index >= 15 is 0 Å². The van der Waals surface area contributed by atoms with E-state index in [1.165, 1.54) is 17.2 Å². The Bertz CT molecular complexity index is 659. The Morgan fingerprint density at radius 3 is 2.74 bits per heavy atom. The van der Waals surface area contributed by atoms with Gasteiger partial charge in [0.25, 0.3) is 0 Å². The molecule has 0 saturated heterocycles. The molecule has 4 nitrogen and oxygen atoms in total. The Balaban J connectivity index is 2.12. The number of sulfone groups is 1. The van der Waals surface area contributed by atoms with Crippen LogP contribution in [0.15, 0.2) is 30.5 Å². The lowest BCUT2D eigenvalue weighted by molar-refractivity contribution is 0.593. The Hall–Kier alpha value is -1.33. The van der Waals surface area contributed by atoms with Gasteiger partial charge in [0.2, 0.25) is 0 Å². The summed E-state index contributed by atoms with van der Waals surface area (Å²) in [5.74, 6) is 0.241. The lowest BCUT2D eigenvalue weighted by atomic mass is 10.1. The van der Waals surface area contributed by atoms with Crippen molar-refractivity contribution in [2.75, 3.05) is 19.1 Å². The maximum atomic E-state index is 11.1. The molecule has 0 aliphatic carbocycles. The maximum absolute atomic E-state index is 11.1. The molecule has 0 fully saturated rings. The molecule has 1 aromatic carbocycles. The van der Waals surface area contributed by atoms with Crippen molar-refractivity contribution in [1.82, 2.24) is 9.88 Å². The largest absolute Gasteiger partial charge is 0.347 e. The van der Waals surface area contributed by atoms with Gasteiger partial charge in [0, 0.05) is 31.1 Å². The lowest BCUT2D eigenvalue weighted by Crippen LogP contribution is -2.07. The van der Waals surface area contributed by atoms with Gasteiger partial charge in [-0.1, -0.05) is 6.07 Å². The van der Waals surface area contributed by atoms with Crippen LogP contribution >= 0.6 is 0 Å². The van der Waals surface area contributed by atoms with Crippen molar-refractivity contribution in [2.45, 2.75) is 19.5 Å². The number of nitrogens with one attached hydrogen (secondary N) is 1. The van der Waals surface area contributed by atoms with Gasteiger partial charge in [0.05, 0.1) is 5.75 Å². The summed E-state index contributed by atoms with van der Waals surface area (Å²) in [6, 6.07) is 8.45. The molecule has 5 heteroatoms. The third-order valence-electron chi connectivity index (χ3n) is 3.13.